The number of hydrogen-bond acceptors (Lipinski definition) is 12. The molecule has 8 rings (SSSR count). The number of phenols is 1. The summed E-state index contributed by atoms with van der Waals surface area (Å²) in [5.74, 6) is 0.353. The summed E-state index contributed by atoms with van der Waals surface area (Å²) >= 11 is 0. The van der Waals surface area contributed by atoms with E-state index in [2.05, 4.69) is 41.8 Å². The summed E-state index contributed by atoms with van der Waals surface area (Å²) in [6.07, 6.45) is 7.95. The first kappa shape index (κ1) is 37.7. The fourth-order valence-corrected chi connectivity index (χ4v) is 8.18. The van der Waals surface area contributed by atoms with Gasteiger partial charge in [-0.3, -0.25) is 29.4 Å². The number of nitrogens with zero attached hydrogens (tertiary/aromatic N) is 7. The van der Waals surface area contributed by atoms with Crippen molar-refractivity contribution >= 4 is 53.2 Å². The van der Waals surface area contributed by atoms with Gasteiger partial charge >= 0.3 is 0 Å². The molecule has 1 aliphatic carbocycles. The lowest BCUT2D eigenvalue weighted by Gasteiger charge is -2.42. The molecule has 5 N–H and O–H groups in total. The number of piperazine rings is 1. The Kier molecular flexibility index (Phi) is 11.0. The summed E-state index contributed by atoms with van der Waals surface area (Å²) < 4.78 is 7.76. The first-order chi connectivity index (χ1) is 26.3. The third-order valence-corrected chi connectivity index (χ3v) is 10.9. The van der Waals surface area contributed by atoms with Gasteiger partial charge in [0, 0.05) is 31.1 Å². The fraction of sp³-hybridized carbons (Fsp3) is 0.395. The number of benzene rings is 2. The maximum absolute atomic E-state index is 13.6. The molecular formula is C38H43ClN10O6. The van der Waals surface area contributed by atoms with E-state index >= 15 is 0 Å². The molecule has 4 amide bonds. The minimum absolute atomic E-state index is 0. The van der Waals surface area contributed by atoms with Crippen LogP contribution in [0.25, 0.3) is 16.9 Å². The van der Waals surface area contributed by atoms with Crippen LogP contribution in [0.4, 0.5) is 17.2 Å². The highest BCUT2D eigenvalue weighted by molar-refractivity contribution is 6.02. The van der Waals surface area contributed by atoms with Crippen LogP contribution in [0.15, 0.2) is 60.9 Å². The lowest BCUT2D eigenvalue weighted by atomic mass is 9.80. The Morgan fingerprint density at radius 2 is 1.80 bits per heavy atom. The third kappa shape index (κ3) is 7.57. The van der Waals surface area contributed by atoms with Crippen molar-refractivity contribution in [2.24, 2.45) is 5.73 Å². The molecule has 3 fully saturated rings. The van der Waals surface area contributed by atoms with Crippen molar-refractivity contribution in [1.29, 1.82) is 0 Å². The topological polar surface area (TPSA) is 201 Å². The monoisotopic (exact) mass is 770 g/mol. The van der Waals surface area contributed by atoms with Crippen LogP contribution in [0.5, 0.6) is 11.5 Å². The standard InChI is InChI=1S/C38H42N10O6.ClH/c39-19-34(51)41-37-31(18-28(43-44-37)27-4-1-2-7-32(27)49)48-21-25(20-40-48)46-15-14-45(22-35(46)52)24-10-8-23(9-11-24)26-5-3-6-29-36(26)54-17-16-47(29)30-12-13-33(50)42-38(30)53;/h1-7,18,20-21,23-24,30,49H,8-17,19,22,39H2,(H,41,44,51)(H,42,50,53);1H/t23?,24?,30-;/m0./s1. The fourth-order valence-electron chi connectivity index (χ4n) is 8.18. The number of anilines is 3. The number of imide groups is 1. The Morgan fingerprint density at radius 3 is 2.56 bits per heavy atom. The number of rotatable bonds is 8. The Bertz CT molecular complexity index is 2100. The molecule has 1 saturated carbocycles. The predicted octanol–water partition coefficient (Wildman–Crippen LogP) is 2.73. The van der Waals surface area contributed by atoms with E-state index in [1.165, 1.54) is 4.68 Å². The van der Waals surface area contributed by atoms with Crippen molar-refractivity contribution in [3.63, 3.8) is 0 Å². The highest BCUT2D eigenvalue weighted by Gasteiger charge is 2.38. The number of carbonyl (C=O) groups is 4. The van der Waals surface area contributed by atoms with E-state index < -0.39 is 5.91 Å². The molecule has 4 aromatic rings. The summed E-state index contributed by atoms with van der Waals surface area (Å²) in [6.45, 7) is 2.31. The van der Waals surface area contributed by atoms with E-state index in [0.29, 0.717) is 67.6 Å². The van der Waals surface area contributed by atoms with Gasteiger partial charge in [-0.2, -0.15) is 5.10 Å². The first-order valence-electron chi connectivity index (χ1n) is 18.4. The number of fused-ring (bicyclic) bond motifs is 1. The van der Waals surface area contributed by atoms with Crippen LogP contribution in [0.2, 0.25) is 0 Å². The van der Waals surface area contributed by atoms with Crippen LogP contribution in [0.1, 0.15) is 50.0 Å². The van der Waals surface area contributed by atoms with Gasteiger partial charge in [-0.05, 0) is 67.9 Å². The number of ether oxygens (including phenoxy) is 1. The first-order valence-corrected chi connectivity index (χ1v) is 18.4. The molecule has 17 heteroatoms. The molecule has 0 spiro atoms. The van der Waals surface area contributed by atoms with Gasteiger partial charge in [-0.25, -0.2) is 4.68 Å². The summed E-state index contributed by atoms with van der Waals surface area (Å²) in [7, 11) is 0. The number of piperidine rings is 1. The van der Waals surface area contributed by atoms with Crippen LogP contribution in [0, 0.1) is 0 Å². The Morgan fingerprint density at radius 1 is 0.982 bits per heavy atom. The number of phenolic OH excluding ortho intramolecular Hbond substituents is 1. The summed E-state index contributed by atoms with van der Waals surface area (Å²) in [5.41, 5.74) is 9.45. The maximum Gasteiger partial charge on any atom is 0.249 e. The van der Waals surface area contributed by atoms with Crippen molar-refractivity contribution in [3.05, 3.63) is 66.5 Å². The molecule has 5 heterocycles. The second-order valence-electron chi connectivity index (χ2n) is 14.1. The van der Waals surface area contributed by atoms with Crippen LogP contribution in [0.3, 0.4) is 0 Å². The number of carbonyl (C=O) groups excluding carboxylic acids is 4. The van der Waals surface area contributed by atoms with Gasteiger partial charge in [-0.15, -0.1) is 22.6 Å². The molecule has 2 saturated heterocycles. The van der Waals surface area contributed by atoms with Crippen molar-refractivity contribution in [3.8, 4) is 28.4 Å². The predicted molar refractivity (Wildman–Crippen MR) is 206 cm³/mol. The van der Waals surface area contributed by atoms with Crippen molar-refractivity contribution in [2.45, 2.75) is 56.5 Å². The van der Waals surface area contributed by atoms with Crippen LogP contribution in [-0.2, 0) is 19.2 Å². The number of hydrogen-bond donors (Lipinski definition) is 4. The largest absolute Gasteiger partial charge is 0.507 e. The van der Waals surface area contributed by atoms with Gasteiger partial charge in [0.25, 0.3) is 0 Å². The Labute approximate surface area is 323 Å². The number of aromatic hydroxyl groups is 1. The maximum atomic E-state index is 13.6. The van der Waals surface area contributed by atoms with E-state index in [9.17, 15) is 24.3 Å². The van der Waals surface area contributed by atoms with Gasteiger partial charge < -0.3 is 30.7 Å². The molecule has 3 aliphatic heterocycles. The summed E-state index contributed by atoms with van der Waals surface area (Å²) in [4.78, 5) is 56.4. The minimum Gasteiger partial charge on any atom is -0.507 e. The molecule has 2 aromatic heterocycles. The minimum atomic E-state index is -0.457. The van der Waals surface area contributed by atoms with Crippen molar-refractivity contribution in [1.82, 2.24) is 30.2 Å². The van der Waals surface area contributed by atoms with E-state index in [4.69, 9.17) is 10.5 Å². The van der Waals surface area contributed by atoms with Gasteiger partial charge in [0.1, 0.15) is 29.8 Å². The van der Waals surface area contributed by atoms with E-state index in [1.54, 1.807) is 47.6 Å². The SMILES string of the molecule is Cl.NCC(=O)Nc1nnc(-c2ccccc2O)cc1-n1cc(N2CCN(C3CCC(c4cccc5c4OCCN5[C@H]4CCC(=O)NC4=O)CC3)CC2=O)cn1. The lowest BCUT2D eigenvalue weighted by Crippen LogP contribution is -2.54. The third-order valence-electron chi connectivity index (χ3n) is 10.9. The summed E-state index contributed by atoms with van der Waals surface area (Å²) in [5, 5.41) is 28.5. The van der Waals surface area contributed by atoms with E-state index in [-0.39, 0.29) is 66.9 Å². The molecule has 0 bridgehead atoms. The molecular weight excluding hydrogens is 728 g/mol. The Hall–Kier alpha value is -5.58. The molecule has 55 heavy (non-hydrogen) atoms. The van der Waals surface area contributed by atoms with Crippen LogP contribution in [-0.4, -0.2) is 105 Å². The Balaban J connectivity index is 0.00000465. The normalized spacial score (nSPS) is 21.6. The molecule has 16 nitrogen and oxygen atoms in total. The molecule has 288 valence electrons. The highest BCUT2D eigenvalue weighted by Crippen LogP contribution is 2.45. The quantitative estimate of drug-likeness (QED) is 0.191. The highest BCUT2D eigenvalue weighted by atomic mass is 35.5. The second kappa shape index (κ2) is 16.0. The van der Waals surface area contributed by atoms with Gasteiger partial charge in [0.05, 0.1) is 49.1 Å². The molecule has 1 atom stereocenters. The number of halogens is 1. The van der Waals surface area contributed by atoms with Gasteiger partial charge in [0.15, 0.2) is 5.82 Å². The number of amides is 4. The smallest absolute Gasteiger partial charge is 0.249 e. The van der Waals surface area contributed by atoms with Crippen molar-refractivity contribution < 1.29 is 29.0 Å². The van der Waals surface area contributed by atoms with Crippen LogP contribution < -0.4 is 30.9 Å². The second-order valence-corrected chi connectivity index (χ2v) is 14.1. The van der Waals surface area contributed by atoms with Gasteiger partial charge in [-0.1, -0.05) is 24.3 Å². The summed E-state index contributed by atoms with van der Waals surface area (Å²) in [6, 6.07) is 14.4. The zero-order valence-electron chi connectivity index (χ0n) is 30.1. The number of nitrogens with one attached hydrogen (secondary N) is 2. The number of aromatic nitrogens is 4. The molecule has 0 radical (unpaired) electrons. The average molecular weight is 771 g/mol. The molecule has 4 aliphatic rings. The zero-order chi connectivity index (χ0) is 37.3. The molecule has 0 unspecified atom stereocenters. The van der Waals surface area contributed by atoms with Crippen molar-refractivity contribution in [2.75, 3.05) is 54.4 Å². The lowest BCUT2D eigenvalue weighted by molar-refractivity contribution is -0.134. The van der Waals surface area contributed by atoms with Crippen LogP contribution >= 0.6 is 12.4 Å². The zero-order valence-corrected chi connectivity index (χ0v) is 30.9. The average Bonchev–Trinajstić information content (AvgIpc) is 3.68. The van der Waals surface area contributed by atoms with E-state index in [1.807, 2.05) is 12.1 Å². The number of para-hydroxylation sites is 2. The van der Waals surface area contributed by atoms with Gasteiger partial charge in [0.2, 0.25) is 23.6 Å². The van der Waals surface area contributed by atoms with E-state index in [0.717, 1.165) is 42.7 Å². The number of nitrogens with two attached hydrogens (primary N) is 1. The molecule has 2 aromatic carbocycles.